The number of amides is 1. The minimum Gasteiger partial charge on any atom is -0.346 e. The third-order valence-electron chi connectivity index (χ3n) is 2.78. The molecule has 0 aliphatic heterocycles. The van der Waals surface area contributed by atoms with Gasteiger partial charge in [-0.1, -0.05) is 18.2 Å². The molecule has 2 aromatic rings. The van der Waals surface area contributed by atoms with Crippen molar-refractivity contribution < 1.29 is 4.79 Å². The lowest BCUT2D eigenvalue weighted by Gasteiger charge is -2.06. The molecule has 0 unspecified atom stereocenters. The third kappa shape index (κ3) is 3.89. The van der Waals surface area contributed by atoms with Gasteiger partial charge in [0.15, 0.2) is 0 Å². The molecule has 0 spiro atoms. The van der Waals surface area contributed by atoms with Crippen molar-refractivity contribution in [2.24, 2.45) is 5.73 Å². The van der Waals surface area contributed by atoms with Crippen molar-refractivity contribution >= 4 is 5.91 Å². The van der Waals surface area contributed by atoms with Gasteiger partial charge >= 0.3 is 0 Å². The Morgan fingerprint density at radius 3 is 2.84 bits per heavy atom. The molecule has 0 atom stereocenters. The van der Waals surface area contributed by atoms with E-state index in [9.17, 15) is 4.79 Å². The van der Waals surface area contributed by atoms with Gasteiger partial charge in [0, 0.05) is 11.8 Å². The lowest BCUT2D eigenvalue weighted by molar-refractivity contribution is 0.0950. The number of carbonyl (C=O) groups excluding carboxylic acids is 1. The van der Waals surface area contributed by atoms with Crippen molar-refractivity contribution in [2.45, 2.75) is 13.0 Å². The Kier molecular flexibility index (Phi) is 4.64. The summed E-state index contributed by atoms with van der Waals surface area (Å²) in [4.78, 5) is 16.2. The van der Waals surface area contributed by atoms with Crippen LogP contribution in [0.2, 0.25) is 0 Å². The van der Waals surface area contributed by atoms with E-state index in [0.717, 1.165) is 17.7 Å². The van der Waals surface area contributed by atoms with Gasteiger partial charge in [-0.15, -0.1) is 0 Å². The maximum atomic E-state index is 12.0. The molecule has 0 saturated heterocycles. The highest BCUT2D eigenvalue weighted by Crippen LogP contribution is 2.06. The van der Waals surface area contributed by atoms with E-state index in [1.165, 1.54) is 0 Å². The van der Waals surface area contributed by atoms with Crippen molar-refractivity contribution in [1.29, 1.82) is 0 Å². The Labute approximate surface area is 112 Å². The van der Waals surface area contributed by atoms with E-state index in [4.69, 9.17) is 5.73 Å². The van der Waals surface area contributed by atoms with Gasteiger partial charge in [0.05, 0.1) is 12.2 Å². The molecule has 1 aromatic heterocycles. The fraction of sp³-hybridized carbons (Fsp3) is 0.200. The summed E-state index contributed by atoms with van der Waals surface area (Å²) in [7, 11) is 0. The number of hydrogen-bond acceptors (Lipinski definition) is 3. The lowest BCUT2D eigenvalue weighted by atomic mass is 10.1. The van der Waals surface area contributed by atoms with Gasteiger partial charge < -0.3 is 11.1 Å². The molecule has 0 radical (unpaired) electrons. The largest absolute Gasteiger partial charge is 0.346 e. The van der Waals surface area contributed by atoms with Crippen LogP contribution in [0.3, 0.4) is 0 Å². The topological polar surface area (TPSA) is 68.0 Å². The summed E-state index contributed by atoms with van der Waals surface area (Å²) in [5.74, 6) is -0.0930. The van der Waals surface area contributed by atoms with E-state index in [2.05, 4.69) is 10.3 Å². The highest BCUT2D eigenvalue weighted by molar-refractivity contribution is 5.94. The van der Waals surface area contributed by atoms with E-state index < -0.39 is 0 Å². The van der Waals surface area contributed by atoms with Crippen LogP contribution in [0.5, 0.6) is 0 Å². The van der Waals surface area contributed by atoms with Crippen LogP contribution >= 0.6 is 0 Å². The summed E-state index contributed by atoms with van der Waals surface area (Å²) in [5, 5.41) is 2.85. The molecular formula is C15H17N3O. The zero-order valence-electron chi connectivity index (χ0n) is 10.7. The van der Waals surface area contributed by atoms with E-state index in [0.29, 0.717) is 18.7 Å². The molecule has 1 aromatic carbocycles. The Bertz CT molecular complexity index is 540. The first-order valence-electron chi connectivity index (χ1n) is 6.26. The monoisotopic (exact) mass is 255 g/mol. The van der Waals surface area contributed by atoms with Crippen molar-refractivity contribution in [1.82, 2.24) is 10.3 Å². The van der Waals surface area contributed by atoms with Gasteiger partial charge in [0.1, 0.15) is 0 Å². The summed E-state index contributed by atoms with van der Waals surface area (Å²) < 4.78 is 0. The van der Waals surface area contributed by atoms with Crippen LogP contribution in [0.25, 0.3) is 0 Å². The third-order valence-corrected chi connectivity index (χ3v) is 2.78. The molecule has 1 heterocycles. The molecule has 0 aliphatic rings. The molecular weight excluding hydrogens is 238 g/mol. The van der Waals surface area contributed by atoms with Crippen LogP contribution in [-0.4, -0.2) is 17.4 Å². The van der Waals surface area contributed by atoms with Crippen LogP contribution in [0, 0.1) is 0 Å². The molecule has 4 nitrogen and oxygen atoms in total. The van der Waals surface area contributed by atoms with Crippen molar-refractivity contribution in [3.8, 4) is 0 Å². The second-order valence-corrected chi connectivity index (χ2v) is 4.24. The first kappa shape index (κ1) is 13.2. The van der Waals surface area contributed by atoms with Gasteiger partial charge in [-0.3, -0.25) is 9.78 Å². The minimum atomic E-state index is -0.0930. The van der Waals surface area contributed by atoms with E-state index in [1.54, 1.807) is 12.3 Å². The Balaban J connectivity index is 1.98. The van der Waals surface area contributed by atoms with Gasteiger partial charge in [0.2, 0.25) is 0 Å². The predicted octanol–water partition coefficient (Wildman–Crippen LogP) is 1.51. The zero-order chi connectivity index (χ0) is 13.5. The van der Waals surface area contributed by atoms with Gasteiger partial charge in [-0.2, -0.15) is 0 Å². The number of carbonyl (C=O) groups is 1. The SMILES string of the molecule is NCCc1cccc(C(=O)NCc2ccccn2)c1. The minimum absolute atomic E-state index is 0.0930. The smallest absolute Gasteiger partial charge is 0.251 e. The molecule has 0 aliphatic carbocycles. The second kappa shape index (κ2) is 6.66. The number of nitrogens with two attached hydrogens (primary N) is 1. The molecule has 0 saturated carbocycles. The summed E-state index contributed by atoms with van der Waals surface area (Å²) in [6.07, 6.45) is 2.49. The number of nitrogens with zero attached hydrogens (tertiary/aromatic N) is 1. The zero-order valence-corrected chi connectivity index (χ0v) is 10.7. The molecule has 2 rings (SSSR count). The van der Waals surface area contributed by atoms with Crippen LogP contribution in [0.15, 0.2) is 48.7 Å². The molecule has 1 amide bonds. The summed E-state index contributed by atoms with van der Waals surface area (Å²) >= 11 is 0. The average Bonchev–Trinajstić information content (AvgIpc) is 2.46. The summed E-state index contributed by atoms with van der Waals surface area (Å²) in [6, 6.07) is 13.2. The highest BCUT2D eigenvalue weighted by Gasteiger charge is 2.06. The molecule has 0 fully saturated rings. The Morgan fingerprint density at radius 2 is 2.11 bits per heavy atom. The van der Waals surface area contributed by atoms with Crippen molar-refractivity contribution in [2.75, 3.05) is 6.54 Å². The van der Waals surface area contributed by atoms with Gasteiger partial charge in [0.25, 0.3) is 5.91 Å². The van der Waals surface area contributed by atoms with Crippen LogP contribution in [0.4, 0.5) is 0 Å². The average molecular weight is 255 g/mol. The Morgan fingerprint density at radius 1 is 1.21 bits per heavy atom. The summed E-state index contributed by atoms with van der Waals surface area (Å²) in [6.45, 7) is 1.01. The first-order chi connectivity index (χ1) is 9.29. The van der Waals surface area contributed by atoms with Crippen LogP contribution in [0.1, 0.15) is 21.6 Å². The molecule has 4 heteroatoms. The second-order valence-electron chi connectivity index (χ2n) is 4.24. The Hall–Kier alpha value is -2.20. The van der Waals surface area contributed by atoms with E-state index >= 15 is 0 Å². The number of benzene rings is 1. The maximum absolute atomic E-state index is 12.0. The number of hydrogen-bond donors (Lipinski definition) is 2. The van der Waals surface area contributed by atoms with Crippen molar-refractivity contribution in [3.63, 3.8) is 0 Å². The lowest BCUT2D eigenvalue weighted by Crippen LogP contribution is -2.23. The highest BCUT2D eigenvalue weighted by atomic mass is 16.1. The summed E-state index contributed by atoms with van der Waals surface area (Å²) in [5.41, 5.74) is 8.09. The molecule has 19 heavy (non-hydrogen) atoms. The van der Waals surface area contributed by atoms with Gasteiger partial charge in [-0.05, 0) is 42.8 Å². The first-order valence-corrected chi connectivity index (χ1v) is 6.26. The van der Waals surface area contributed by atoms with Crippen molar-refractivity contribution in [3.05, 3.63) is 65.5 Å². The normalized spacial score (nSPS) is 10.2. The molecule has 0 bridgehead atoms. The number of aromatic nitrogens is 1. The number of pyridine rings is 1. The predicted molar refractivity (Wildman–Crippen MR) is 74.6 cm³/mol. The molecule has 98 valence electrons. The fourth-order valence-corrected chi connectivity index (χ4v) is 1.81. The van der Waals surface area contributed by atoms with E-state index in [-0.39, 0.29) is 5.91 Å². The fourth-order valence-electron chi connectivity index (χ4n) is 1.81. The quantitative estimate of drug-likeness (QED) is 0.851. The van der Waals surface area contributed by atoms with E-state index in [1.807, 2.05) is 36.4 Å². The number of rotatable bonds is 5. The molecule has 3 N–H and O–H groups in total. The maximum Gasteiger partial charge on any atom is 0.251 e. The van der Waals surface area contributed by atoms with Gasteiger partial charge in [-0.25, -0.2) is 0 Å². The standard InChI is InChI=1S/C15H17N3O/c16-8-7-12-4-3-5-13(10-12)15(19)18-11-14-6-1-2-9-17-14/h1-6,9-10H,7-8,11,16H2,(H,18,19). The number of nitrogens with one attached hydrogen (secondary N) is 1. The van der Waals surface area contributed by atoms with Crippen LogP contribution in [-0.2, 0) is 13.0 Å². The van der Waals surface area contributed by atoms with Crippen LogP contribution < -0.4 is 11.1 Å².